The van der Waals surface area contributed by atoms with Gasteiger partial charge in [-0.25, -0.2) is 9.97 Å². The van der Waals surface area contributed by atoms with Crippen molar-refractivity contribution in [2.45, 2.75) is 43.7 Å². The molecule has 19 heavy (non-hydrogen) atoms. The van der Waals surface area contributed by atoms with Gasteiger partial charge in [0.1, 0.15) is 0 Å². The molecule has 1 heterocycles. The number of hydrogen-bond acceptors (Lipinski definition) is 3. The van der Waals surface area contributed by atoms with E-state index in [9.17, 15) is 18.0 Å². The van der Waals surface area contributed by atoms with E-state index in [1.54, 1.807) is 0 Å². The summed E-state index contributed by atoms with van der Waals surface area (Å²) in [7, 11) is 0. The number of aromatic nitrogens is 2. The number of nitrogens with two attached hydrogens (primary N) is 1. The SMILES string of the molecule is NC(=O)C1(c2cnc(C(F)(F)F)nc2)CCCCC1. The van der Waals surface area contributed by atoms with Crippen LogP contribution in [0.25, 0.3) is 0 Å². The summed E-state index contributed by atoms with van der Waals surface area (Å²) in [6, 6.07) is 0. The Balaban J connectivity index is 2.36. The van der Waals surface area contributed by atoms with Crippen molar-refractivity contribution in [1.29, 1.82) is 0 Å². The second kappa shape index (κ2) is 4.79. The van der Waals surface area contributed by atoms with Gasteiger partial charge < -0.3 is 5.73 Å². The highest BCUT2D eigenvalue weighted by Crippen LogP contribution is 2.39. The van der Waals surface area contributed by atoms with Crippen LogP contribution in [0.4, 0.5) is 13.2 Å². The molecule has 1 aliphatic rings. The van der Waals surface area contributed by atoms with Crippen LogP contribution in [0.2, 0.25) is 0 Å². The molecule has 1 aromatic heterocycles. The molecule has 0 atom stereocenters. The summed E-state index contributed by atoms with van der Waals surface area (Å²) < 4.78 is 37.2. The van der Waals surface area contributed by atoms with Gasteiger partial charge in [0.25, 0.3) is 0 Å². The van der Waals surface area contributed by atoms with Gasteiger partial charge in [-0.05, 0) is 12.8 Å². The van der Waals surface area contributed by atoms with Crippen molar-refractivity contribution in [3.63, 3.8) is 0 Å². The highest BCUT2D eigenvalue weighted by atomic mass is 19.4. The summed E-state index contributed by atoms with van der Waals surface area (Å²) in [5.41, 5.74) is 4.91. The predicted molar refractivity (Wildman–Crippen MR) is 61.0 cm³/mol. The second-order valence-electron chi connectivity index (χ2n) is 4.80. The van der Waals surface area contributed by atoms with Gasteiger partial charge in [-0.2, -0.15) is 13.2 Å². The lowest BCUT2D eigenvalue weighted by atomic mass is 9.70. The van der Waals surface area contributed by atoms with Crippen molar-refractivity contribution < 1.29 is 18.0 Å². The molecule has 0 saturated heterocycles. The van der Waals surface area contributed by atoms with E-state index < -0.39 is 23.3 Å². The van der Waals surface area contributed by atoms with Gasteiger partial charge in [0.05, 0.1) is 5.41 Å². The third-order valence-electron chi connectivity index (χ3n) is 3.64. The second-order valence-corrected chi connectivity index (χ2v) is 4.80. The van der Waals surface area contributed by atoms with Crippen molar-refractivity contribution in [1.82, 2.24) is 9.97 Å². The maximum absolute atomic E-state index is 12.4. The number of carbonyl (C=O) groups excluding carboxylic acids is 1. The van der Waals surface area contributed by atoms with Gasteiger partial charge in [-0.1, -0.05) is 19.3 Å². The van der Waals surface area contributed by atoms with Crippen molar-refractivity contribution in [3.8, 4) is 0 Å². The number of hydrogen-bond donors (Lipinski definition) is 1. The number of amides is 1. The zero-order chi connectivity index (χ0) is 14.1. The van der Waals surface area contributed by atoms with E-state index in [-0.39, 0.29) is 0 Å². The number of rotatable bonds is 2. The van der Waals surface area contributed by atoms with E-state index in [1.165, 1.54) is 0 Å². The summed E-state index contributed by atoms with van der Waals surface area (Å²) in [6.07, 6.45) is 1.29. The third-order valence-corrected chi connectivity index (χ3v) is 3.64. The minimum absolute atomic E-state index is 0.382. The molecule has 0 aromatic carbocycles. The van der Waals surface area contributed by atoms with Crippen LogP contribution in [0.15, 0.2) is 12.4 Å². The normalized spacial score (nSPS) is 19.1. The topological polar surface area (TPSA) is 68.9 Å². The van der Waals surface area contributed by atoms with Crippen LogP contribution in [0.3, 0.4) is 0 Å². The number of primary amides is 1. The summed E-state index contributed by atoms with van der Waals surface area (Å²) in [5, 5.41) is 0. The molecule has 104 valence electrons. The van der Waals surface area contributed by atoms with E-state index in [0.717, 1.165) is 31.7 Å². The standard InChI is InChI=1S/C12H14F3N3O/c13-12(14,15)10-17-6-8(7-18-10)11(9(16)19)4-2-1-3-5-11/h6-7H,1-5H2,(H2,16,19). The van der Waals surface area contributed by atoms with Gasteiger partial charge in [0.2, 0.25) is 11.7 Å². The quantitative estimate of drug-likeness (QED) is 0.898. The molecule has 0 spiro atoms. The first-order valence-electron chi connectivity index (χ1n) is 6.06. The first kappa shape index (κ1) is 13.8. The van der Waals surface area contributed by atoms with Crippen LogP contribution in [-0.2, 0) is 16.4 Å². The molecule has 7 heteroatoms. The van der Waals surface area contributed by atoms with Crippen molar-refractivity contribution >= 4 is 5.91 Å². The van der Waals surface area contributed by atoms with Gasteiger partial charge in [0.15, 0.2) is 0 Å². The molecular weight excluding hydrogens is 259 g/mol. The maximum Gasteiger partial charge on any atom is 0.451 e. The Morgan fingerprint density at radius 1 is 1.16 bits per heavy atom. The Morgan fingerprint density at radius 3 is 2.11 bits per heavy atom. The minimum Gasteiger partial charge on any atom is -0.369 e. The van der Waals surface area contributed by atoms with Crippen LogP contribution < -0.4 is 5.73 Å². The zero-order valence-corrected chi connectivity index (χ0v) is 10.2. The molecule has 0 unspecified atom stereocenters. The molecule has 1 saturated carbocycles. The Labute approximate surface area is 108 Å². The van der Waals surface area contributed by atoms with Gasteiger partial charge in [-0.15, -0.1) is 0 Å². The van der Waals surface area contributed by atoms with E-state index in [2.05, 4.69) is 9.97 Å². The Kier molecular flexibility index (Phi) is 3.47. The fourth-order valence-corrected chi connectivity index (χ4v) is 2.55. The summed E-state index contributed by atoms with van der Waals surface area (Å²) in [4.78, 5) is 18.3. The molecule has 1 aliphatic carbocycles. The zero-order valence-electron chi connectivity index (χ0n) is 10.2. The molecule has 2 N–H and O–H groups in total. The average molecular weight is 273 g/mol. The Hall–Kier alpha value is -1.66. The molecule has 0 radical (unpaired) electrons. The van der Waals surface area contributed by atoms with Crippen LogP contribution in [0.1, 0.15) is 43.5 Å². The largest absolute Gasteiger partial charge is 0.451 e. The van der Waals surface area contributed by atoms with Crippen LogP contribution in [0.5, 0.6) is 0 Å². The van der Waals surface area contributed by atoms with Crippen LogP contribution in [0, 0.1) is 0 Å². The summed E-state index contributed by atoms with van der Waals surface area (Å²) in [6.45, 7) is 0. The number of carbonyl (C=O) groups is 1. The highest BCUT2D eigenvalue weighted by Gasteiger charge is 2.41. The van der Waals surface area contributed by atoms with E-state index >= 15 is 0 Å². The molecular formula is C12H14F3N3O. The fourth-order valence-electron chi connectivity index (χ4n) is 2.55. The summed E-state index contributed by atoms with van der Waals surface area (Å²) in [5.74, 6) is -1.72. The highest BCUT2D eigenvalue weighted by molar-refractivity contribution is 5.86. The first-order chi connectivity index (χ1) is 8.86. The van der Waals surface area contributed by atoms with E-state index in [4.69, 9.17) is 5.73 Å². The molecule has 4 nitrogen and oxygen atoms in total. The minimum atomic E-state index is -4.58. The molecule has 2 rings (SSSR count). The smallest absolute Gasteiger partial charge is 0.369 e. The lowest BCUT2D eigenvalue weighted by molar-refractivity contribution is -0.145. The molecule has 0 bridgehead atoms. The van der Waals surface area contributed by atoms with E-state index in [0.29, 0.717) is 18.4 Å². The summed E-state index contributed by atoms with van der Waals surface area (Å²) >= 11 is 0. The number of nitrogens with zero attached hydrogens (tertiary/aromatic N) is 2. The lowest BCUT2D eigenvalue weighted by Gasteiger charge is -2.34. The predicted octanol–water partition coefficient (Wildman–Crippen LogP) is 2.18. The van der Waals surface area contributed by atoms with Crippen LogP contribution in [-0.4, -0.2) is 15.9 Å². The van der Waals surface area contributed by atoms with Gasteiger partial charge in [-0.3, -0.25) is 4.79 Å². The Bertz CT molecular complexity index is 464. The Morgan fingerprint density at radius 2 is 1.68 bits per heavy atom. The van der Waals surface area contributed by atoms with Crippen molar-refractivity contribution in [2.75, 3.05) is 0 Å². The first-order valence-corrected chi connectivity index (χ1v) is 6.06. The van der Waals surface area contributed by atoms with Gasteiger partial charge in [0, 0.05) is 18.0 Å². The molecule has 0 aliphatic heterocycles. The average Bonchev–Trinajstić information content (AvgIpc) is 2.38. The van der Waals surface area contributed by atoms with Crippen molar-refractivity contribution in [2.24, 2.45) is 5.73 Å². The van der Waals surface area contributed by atoms with Crippen LogP contribution >= 0.6 is 0 Å². The van der Waals surface area contributed by atoms with Gasteiger partial charge >= 0.3 is 6.18 Å². The maximum atomic E-state index is 12.4. The monoisotopic (exact) mass is 273 g/mol. The molecule has 1 fully saturated rings. The third kappa shape index (κ3) is 2.54. The lowest BCUT2D eigenvalue weighted by Crippen LogP contribution is -2.43. The van der Waals surface area contributed by atoms with Crippen molar-refractivity contribution in [3.05, 3.63) is 23.8 Å². The molecule has 1 aromatic rings. The number of halogens is 3. The fraction of sp³-hybridized carbons (Fsp3) is 0.583. The van der Waals surface area contributed by atoms with E-state index in [1.807, 2.05) is 0 Å². The molecule has 1 amide bonds. The number of alkyl halides is 3.